The van der Waals surface area contributed by atoms with Crippen LogP contribution in [0.5, 0.6) is 0 Å². The minimum absolute atomic E-state index is 0.00464. The third kappa shape index (κ3) is 4.27. The fourth-order valence-corrected chi connectivity index (χ4v) is 3.99. The standard InChI is InChI=1S/C18H32O6Si/c1-7-10-21-15-14(19)13(12-23-25(5,6)17(2,3)4)24-18(16(15)20)9-8-11-22-18/h1,13-16,19-20H,8-12H2,2-6H3/t13-,14+,15+,16-,18+/m1/s1. The predicted molar refractivity (Wildman–Crippen MR) is 96.5 cm³/mol. The van der Waals surface area contributed by atoms with E-state index in [9.17, 15) is 10.2 Å². The zero-order valence-electron chi connectivity index (χ0n) is 15.9. The molecule has 0 saturated carbocycles. The van der Waals surface area contributed by atoms with Crippen LogP contribution in [0.25, 0.3) is 0 Å². The number of rotatable bonds is 5. The molecule has 0 aromatic rings. The van der Waals surface area contributed by atoms with Crippen LogP contribution in [0.2, 0.25) is 18.1 Å². The molecule has 2 saturated heterocycles. The molecule has 0 radical (unpaired) electrons. The number of hydrogen-bond donors (Lipinski definition) is 2. The average molecular weight is 373 g/mol. The number of ether oxygens (including phenoxy) is 3. The fraction of sp³-hybridized carbons (Fsp3) is 0.889. The van der Waals surface area contributed by atoms with E-state index < -0.39 is 38.5 Å². The minimum Gasteiger partial charge on any atom is -0.414 e. The van der Waals surface area contributed by atoms with Crippen molar-refractivity contribution in [2.75, 3.05) is 19.8 Å². The van der Waals surface area contributed by atoms with E-state index >= 15 is 0 Å². The van der Waals surface area contributed by atoms with Gasteiger partial charge in [0.2, 0.25) is 0 Å². The zero-order valence-corrected chi connectivity index (χ0v) is 16.9. The summed E-state index contributed by atoms with van der Waals surface area (Å²) >= 11 is 0. The van der Waals surface area contributed by atoms with Crippen molar-refractivity contribution in [2.45, 2.75) is 81.9 Å². The van der Waals surface area contributed by atoms with Crippen molar-refractivity contribution in [3.8, 4) is 12.3 Å². The summed E-state index contributed by atoms with van der Waals surface area (Å²) < 4.78 is 23.5. The molecule has 0 aromatic heterocycles. The second kappa shape index (κ2) is 7.65. The average Bonchev–Trinajstić information content (AvgIpc) is 2.98. The van der Waals surface area contributed by atoms with Gasteiger partial charge < -0.3 is 28.8 Å². The van der Waals surface area contributed by atoms with Crippen LogP contribution in [-0.4, -0.2) is 68.6 Å². The summed E-state index contributed by atoms with van der Waals surface area (Å²) in [5.74, 6) is 1.22. The van der Waals surface area contributed by atoms with Crippen molar-refractivity contribution in [3.63, 3.8) is 0 Å². The molecule has 0 aromatic carbocycles. The molecular formula is C18H32O6Si. The molecule has 2 aliphatic heterocycles. The van der Waals surface area contributed by atoms with Gasteiger partial charge in [-0.3, -0.25) is 0 Å². The summed E-state index contributed by atoms with van der Waals surface area (Å²) in [6, 6.07) is 0. The number of terminal acetylenes is 1. The van der Waals surface area contributed by atoms with Crippen molar-refractivity contribution in [3.05, 3.63) is 0 Å². The van der Waals surface area contributed by atoms with Gasteiger partial charge in [0, 0.05) is 6.42 Å². The summed E-state index contributed by atoms with van der Waals surface area (Å²) in [5.41, 5.74) is 0. The number of hydrogen-bond acceptors (Lipinski definition) is 6. The third-order valence-electron chi connectivity index (χ3n) is 5.62. The van der Waals surface area contributed by atoms with Crippen LogP contribution in [0.3, 0.4) is 0 Å². The molecule has 5 atom stereocenters. The van der Waals surface area contributed by atoms with Gasteiger partial charge in [-0.1, -0.05) is 26.7 Å². The molecule has 144 valence electrons. The summed E-state index contributed by atoms with van der Waals surface area (Å²) in [5, 5.41) is 21.4. The van der Waals surface area contributed by atoms with Crippen molar-refractivity contribution in [2.24, 2.45) is 0 Å². The molecule has 2 rings (SSSR count). The number of aliphatic hydroxyl groups excluding tert-OH is 2. The Kier molecular flexibility index (Phi) is 6.38. The van der Waals surface area contributed by atoms with Gasteiger partial charge in [0.25, 0.3) is 0 Å². The summed E-state index contributed by atoms with van der Waals surface area (Å²) in [6.07, 6.45) is 2.95. The van der Waals surface area contributed by atoms with E-state index in [1.165, 1.54) is 0 Å². The monoisotopic (exact) mass is 372 g/mol. The van der Waals surface area contributed by atoms with Crippen molar-refractivity contribution in [1.82, 2.24) is 0 Å². The first-order valence-electron chi connectivity index (χ1n) is 8.91. The molecule has 2 aliphatic rings. The first-order valence-corrected chi connectivity index (χ1v) is 11.8. The lowest BCUT2D eigenvalue weighted by atomic mass is 9.91. The molecule has 2 fully saturated rings. The van der Waals surface area contributed by atoms with Gasteiger partial charge in [-0.15, -0.1) is 6.42 Å². The second-order valence-electron chi connectivity index (χ2n) is 8.41. The Morgan fingerprint density at radius 1 is 1.32 bits per heavy atom. The van der Waals surface area contributed by atoms with Crippen LogP contribution in [0, 0.1) is 12.3 Å². The lowest BCUT2D eigenvalue weighted by molar-refractivity contribution is -0.353. The molecule has 25 heavy (non-hydrogen) atoms. The van der Waals surface area contributed by atoms with Gasteiger partial charge in [0.15, 0.2) is 14.1 Å². The lowest BCUT2D eigenvalue weighted by Gasteiger charge is -2.48. The van der Waals surface area contributed by atoms with Crippen molar-refractivity contribution in [1.29, 1.82) is 0 Å². The molecule has 0 unspecified atom stereocenters. The van der Waals surface area contributed by atoms with Crippen LogP contribution in [-0.2, 0) is 18.6 Å². The Labute approximate surface area is 151 Å². The molecule has 0 bridgehead atoms. The topological polar surface area (TPSA) is 77.4 Å². The highest BCUT2D eigenvalue weighted by Crippen LogP contribution is 2.41. The van der Waals surface area contributed by atoms with Gasteiger partial charge in [-0.25, -0.2) is 0 Å². The Hall–Kier alpha value is -0.463. The SMILES string of the molecule is C#CCO[C@H]1[C@@H](O)[C@@H](CO[Si](C)(C)C(C)(C)C)O[C@@]2(CCCO2)[C@@H]1O. The number of aliphatic hydroxyl groups is 2. The van der Waals surface area contributed by atoms with Crippen LogP contribution in [0.15, 0.2) is 0 Å². The van der Waals surface area contributed by atoms with E-state index in [2.05, 4.69) is 39.8 Å². The Morgan fingerprint density at radius 3 is 2.52 bits per heavy atom. The molecule has 2 N–H and O–H groups in total. The van der Waals surface area contributed by atoms with Crippen molar-refractivity contribution >= 4 is 8.32 Å². The molecule has 0 aliphatic carbocycles. The Balaban J connectivity index is 2.15. The third-order valence-corrected chi connectivity index (χ3v) is 10.1. The fourth-order valence-electron chi connectivity index (χ4n) is 2.98. The second-order valence-corrected chi connectivity index (χ2v) is 13.2. The zero-order chi connectivity index (χ0) is 18.9. The van der Waals surface area contributed by atoms with Gasteiger partial charge in [-0.2, -0.15) is 0 Å². The van der Waals surface area contributed by atoms with Crippen LogP contribution in [0.4, 0.5) is 0 Å². The van der Waals surface area contributed by atoms with E-state index in [4.69, 9.17) is 25.1 Å². The largest absolute Gasteiger partial charge is 0.414 e. The summed E-state index contributed by atoms with van der Waals surface area (Å²) in [7, 11) is -2.00. The molecule has 2 heterocycles. The van der Waals surface area contributed by atoms with E-state index in [0.29, 0.717) is 13.0 Å². The van der Waals surface area contributed by atoms with E-state index in [-0.39, 0.29) is 18.3 Å². The predicted octanol–water partition coefficient (Wildman–Crippen LogP) is 1.65. The minimum atomic E-state index is -2.00. The molecule has 6 nitrogen and oxygen atoms in total. The Bertz CT molecular complexity index is 489. The molecule has 7 heteroatoms. The van der Waals surface area contributed by atoms with E-state index in [1.54, 1.807) is 0 Å². The van der Waals surface area contributed by atoms with Crippen LogP contribution < -0.4 is 0 Å². The quantitative estimate of drug-likeness (QED) is 0.564. The maximum Gasteiger partial charge on any atom is 0.197 e. The van der Waals surface area contributed by atoms with E-state index in [1.807, 2.05) is 0 Å². The van der Waals surface area contributed by atoms with Gasteiger partial charge in [0.1, 0.15) is 31.0 Å². The van der Waals surface area contributed by atoms with Crippen LogP contribution >= 0.6 is 0 Å². The first kappa shape index (κ1) is 20.8. The summed E-state index contributed by atoms with van der Waals surface area (Å²) in [6.45, 7) is 11.5. The van der Waals surface area contributed by atoms with Crippen molar-refractivity contribution < 1.29 is 28.8 Å². The summed E-state index contributed by atoms with van der Waals surface area (Å²) in [4.78, 5) is 0. The maximum absolute atomic E-state index is 10.7. The maximum atomic E-state index is 10.7. The smallest absolute Gasteiger partial charge is 0.197 e. The van der Waals surface area contributed by atoms with Gasteiger partial charge in [0.05, 0.1) is 13.2 Å². The molecule has 1 spiro atoms. The highest BCUT2D eigenvalue weighted by molar-refractivity contribution is 6.74. The highest BCUT2D eigenvalue weighted by Gasteiger charge is 2.57. The van der Waals surface area contributed by atoms with Gasteiger partial charge >= 0.3 is 0 Å². The van der Waals surface area contributed by atoms with Gasteiger partial charge in [-0.05, 0) is 24.6 Å². The van der Waals surface area contributed by atoms with Crippen LogP contribution in [0.1, 0.15) is 33.6 Å². The normalized spacial score (nSPS) is 36.6. The molecule has 0 amide bonds. The lowest BCUT2D eigenvalue weighted by Crippen LogP contribution is -2.66. The van der Waals surface area contributed by atoms with E-state index in [0.717, 1.165) is 6.42 Å². The Morgan fingerprint density at radius 2 is 2.00 bits per heavy atom. The molecular weight excluding hydrogens is 340 g/mol. The highest BCUT2D eigenvalue weighted by atomic mass is 28.4. The first-order chi connectivity index (χ1) is 11.5.